The van der Waals surface area contributed by atoms with Crippen LogP contribution >= 0.6 is 21.6 Å². The van der Waals surface area contributed by atoms with Gasteiger partial charge in [-0.25, -0.2) is 5.48 Å². The van der Waals surface area contributed by atoms with Gasteiger partial charge in [-0.05, 0) is 112 Å². The van der Waals surface area contributed by atoms with Gasteiger partial charge in [-0.2, -0.15) is 0 Å². The first-order chi connectivity index (χ1) is 65.2. The zero-order chi connectivity index (χ0) is 101. The minimum Gasteiger partial charge on any atom is -0.508 e. The molecule has 0 aromatic heterocycles. The van der Waals surface area contributed by atoms with Crippen molar-refractivity contribution in [2.24, 2.45) is 22.7 Å². The molecule has 0 spiro atoms. The van der Waals surface area contributed by atoms with Crippen LogP contribution in [0, 0.1) is 11.8 Å². The molecule has 2 fully saturated rings. The molecule has 49 heteroatoms. The number of primary amides is 1. The Morgan fingerprint density at radius 2 is 1.15 bits per heavy atom. The minimum absolute atomic E-state index is 0.0270. The van der Waals surface area contributed by atoms with Gasteiger partial charge in [-0.3, -0.25) is 102 Å². The Hall–Kier alpha value is -13.2. The number of phenols is 2. The second kappa shape index (κ2) is 60.3. The van der Waals surface area contributed by atoms with Gasteiger partial charge in [0.2, 0.25) is 76.8 Å². The lowest BCUT2D eigenvalue weighted by Crippen LogP contribution is -2.61. The fourth-order valence-electron chi connectivity index (χ4n) is 13.8. The van der Waals surface area contributed by atoms with Gasteiger partial charge in [0, 0.05) is 103 Å². The molecule has 2 unspecified atom stereocenters. The Labute approximate surface area is 799 Å². The normalized spacial score (nSPS) is 18.6. The third-order valence-electron chi connectivity index (χ3n) is 21.2. The number of nitrogens with zero attached hydrogens (tertiary/aromatic N) is 4. The average Bonchev–Trinajstić information content (AvgIpc) is 1.82. The Bertz CT molecular complexity index is 4720. The summed E-state index contributed by atoms with van der Waals surface area (Å²) < 4.78 is 0. The van der Waals surface area contributed by atoms with Gasteiger partial charge >= 0.3 is 11.9 Å². The molecule has 0 saturated carbocycles. The Morgan fingerprint density at radius 3 is 1.69 bits per heavy atom. The molecule has 47 nitrogen and oxygen atoms in total. The predicted octanol–water partition coefficient (Wildman–Crippen LogP) is -5.98. The summed E-state index contributed by atoms with van der Waals surface area (Å²) in [5.41, 5.74) is 10.8. The number of hydrogen-bond acceptors (Lipinski definition) is 31. The quantitative estimate of drug-likeness (QED) is 0.00848. The maximum Gasteiger partial charge on any atom is 0.305 e. The molecule has 752 valence electrons. The van der Waals surface area contributed by atoms with Crippen LogP contribution in [0.15, 0.2) is 108 Å². The van der Waals surface area contributed by atoms with E-state index in [-0.39, 0.29) is 124 Å². The summed E-state index contributed by atoms with van der Waals surface area (Å²) >= 11 is 0. The lowest BCUT2D eigenvalue weighted by atomic mass is 9.99. The number of nitrogens with two attached hydrogens (primary N) is 1. The van der Waals surface area contributed by atoms with Gasteiger partial charge in [-0.1, -0.05) is 126 Å². The third kappa shape index (κ3) is 40.7. The number of carboxylic acids is 2. The van der Waals surface area contributed by atoms with E-state index in [1.807, 2.05) is 44.2 Å². The number of aliphatic hydroxyl groups is 1. The third-order valence-corrected chi connectivity index (χ3v) is 23.8. The summed E-state index contributed by atoms with van der Waals surface area (Å²) in [6.45, 7) is 6.20. The molecule has 6 rings (SSSR count). The molecule has 24 N–H and O–H groups in total. The molecular formula is C88H128N22O25S2. The van der Waals surface area contributed by atoms with E-state index in [0.29, 0.717) is 49.0 Å². The largest absolute Gasteiger partial charge is 0.508 e. The van der Waals surface area contributed by atoms with Crippen molar-refractivity contribution in [2.45, 2.75) is 152 Å². The number of hydroxylamine groups is 1. The van der Waals surface area contributed by atoms with E-state index in [9.17, 15) is 112 Å². The standard InChI is InChI=1S/C54H63N9O16S2.C34H65N13O9/c1-28-26-80-81-27-42(53(78)61-39(50(75)57-37(47(55)72)23-44(68)69)21-30-8-14-34(15-9-30)33-6-4-3-5-7-33)62-54(79)46(29(2)64)63-43(67)25-56-49(74)38(20-31-10-16-35(65)17-11-31)59-51(76)40(22-32-12-18-36(66)19-13-32)60-52(77)41(24-45(70)71)58-48(28)73;1-23(2)18-24(33(53)47-13-9-10-26(47)31(51)39-7)44-27(48)20-43-56-22-29(50)42-12-15-46(34(54)30(37-5)38-6)17-16-45(32(52)25(36-4)19-35-3)14-11-41-28(49)21-55-40-8/h3-19,28-29,37-42,46,64-66H,20-27H2,1-2H3,(H2,55,72)(H,56,74)(H,57,75)(H,58,73)(H,59,76)(H,60,77)(H,61,78)(H,62,79)(H,63,67)(H,68,69)(H,70,71);20,23-26,30,35-38,40H,9-19,21-22H2,1-8H3,(H,39,51)(H,41,49)(H,42,50)(H,44,48)/b;43-20-/t28-,29?,37+,38-,39-,40-,41-,42-,46-;24-,25?,26-/m00/s1. The van der Waals surface area contributed by atoms with Gasteiger partial charge < -0.3 is 125 Å². The van der Waals surface area contributed by atoms with Gasteiger partial charge in [0.15, 0.2) is 6.61 Å². The van der Waals surface area contributed by atoms with Crippen LogP contribution in [-0.2, 0) is 115 Å². The number of hydrogen-bond donors (Lipinski definition) is 23. The van der Waals surface area contributed by atoms with Crippen LogP contribution in [0.2, 0.25) is 0 Å². The van der Waals surface area contributed by atoms with Crippen molar-refractivity contribution in [1.82, 2.24) is 105 Å². The van der Waals surface area contributed by atoms with Gasteiger partial charge in [-0.15, -0.1) is 0 Å². The second-order valence-electron chi connectivity index (χ2n) is 32.2. The van der Waals surface area contributed by atoms with Crippen LogP contribution < -0.4 is 96.3 Å². The summed E-state index contributed by atoms with van der Waals surface area (Å²) in [4.78, 5) is 252. The Kier molecular flexibility index (Phi) is 50.4. The first kappa shape index (κ1) is 114. The monoisotopic (exact) mass is 1960 g/mol. The second-order valence-corrected chi connectivity index (χ2v) is 34.8. The number of amides is 16. The van der Waals surface area contributed by atoms with Crippen molar-refractivity contribution in [1.29, 1.82) is 0 Å². The number of phenolic OH excluding ortho intramolecular Hbond substituents is 2. The van der Waals surface area contributed by atoms with Crippen molar-refractivity contribution < 1.29 is 122 Å². The van der Waals surface area contributed by atoms with Crippen LogP contribution in [0.25, 0.3) is 11.1 Å². The van der Waals surface area contributed by atoms with Crippen LogP contribution in [0.4, 0.5) is 0 Å². The van der Waals surface area contributed by atoms with E-state index >= 15 is 0 Å². The van der Waals surface area contributed by atoms with E-state index in [0.717, 1.165) is 45.9 Å². The van der Waals surface area contributed by atoms with E-state index in [1.165, 1.54) is 79.3 Å². The summed E-state index contributed by atoms with van der Waals surface area (Å²) in [6, 6.07) is 13.5. The number of benzene rings is 4. The highest BCUT2D eigenvalue weighted by Gasteiger charge is 2.40. The smallest absolute Gasteiger partial charge is 0.305 e. The number of aliphatic hydroxyl groups excluding tert-OH is 1. The molecule has 2 heterocycles. The molecule has 137 heavy (non-hydrogen) atoms. The molecule has 0 bridgehead atoms. The van der Waals surface area contributed by atoms with Crippen LogP contribution in [0.3, 0.4) is 0 Å². The number of carboxylic acid groups (broad SMARTS) is 2. The lowest BCUT2D eigenvalue weighted by molar-refractivity contribution is -0.141. The lowest BCUT2D eigenvalue weighted by Gasteiger charge is -2.32. The molecule has 16 amide bonds. The highest BCUT2D eigenvalue weighted by atomic mass is 33.1. The number of likely N-dealkylation sites (tertiary alicyclic amines) is 1. The number of carbonyl (C=O) groups is 18. The number of aromatic hydroxyl groups is 2. The van der Waals surface area contributed by atoms with Crippen molar-refractivity contribution >= 4 is 134 Å². The Balaban J connectivity index is 0.000000519. The number of oxime groups is 1. The van der Waals surface area contributed by atoms with E-state index < -0.39 is 182 Å². The minimum atomic E-state index is -1.81. The Morgan fingerprint density at radius 1 is 0.591 bits per heavy atom. The maximum atomic E-state index is 14.4. The molecule has 4 aromatic rings. The van der Waals surface area contributed by atoms with Gasteiger partial charge in [0.05, 0.1) is 31.5 Å². The summed E-state index contributed by atoms with van der Waals surface area (Å²) in [6.07, 6.45) is -2.68. The number of likely N-dealkylation sites (N-methyl/N-ethyl adjacent to an activating group) is 5. The summed E-state index contributed by atoms with van der Waals surface area (Å²) in [5, 5.41) is 95.2. The van der Waals surface area contributed by atoms with E-state index in [1.54, 1.807) is 57.4 Å². The first-order valence-corrected chi connectivity index (χ1v) is 46.5. The highest BCUT2D eigenvalue weighted by molar-refractivity contribution is 8.76. The summed E-state index contributed by atoms with van der Waals surface area (Å²) in [7, 11) is 11.6. The van der Waals surface area contributed by atoms with Crippen LogP contribution in [-0.4, -0.2) is 351 Å². The molecule has 0 aliphatic carbocycles. The number of aliphatic carboxylic acids is 2. The molecule has 0 radical (unpaired) electrons. The molecule has 2 aliphatic heterocycles. The molecule has 2 aliphatic rings. The van der Waals surface area contributed by atoms with Crippen molar-refractivity contribution in [3.8, 4) is 22.6 Å². The predicted molar refractivity (Wildman–Crippen MR) is 503 cm³/mol. The average molecular weight is 1960 g/mol. The fourth-order valence-corrected chi connectivity index (χ4v) is 16.3. The summed E-state index contributed by atoms with van der Waals surface area (Å²) in [5.74, 6) is -16.7. The topological polar surface area (TPSA) is 679 Å². The molecule has 12 atom stereocenters. The van der Waals surface area contributed by atoms with Crippen LogP contribution in [0.5, 0.6) is 11.5 Å². The number of nitrogens with one attached hydrogen (secondary N) is 17. The van der Waals surface area contributed by atoms with Crippen LogP contribution in [0.1, 0.15) is 76.5 Å². The molecular weight excluding hydrogens is 1830 g/mol. The van der Waals surface area contributed by atoms with Crippen molar-refractivity contribution in [3.05, 3.63) is 120 Å². The van der Waals surface area contributed by atoms with E-state index in [4.69, 9.17) is 15.4 Å². The molecule has 4 aromatic carbocycles. The SMILES string of the molecule is CC(O)[C@@H]1NC(=O)CNC(=O)[C@H](Cc2ccc(O)cc2)NC(=O)[C@H](Cc2ccc(O)cc2)NC(=O)[C@H](CC(=O)O)NC(=O)[C@@H](C)CSSC[C@@H](C(=O)N[C@@H](Cc2ccc(-c3ccccc3)cc2)C(=O)N[C@H](CC(=O)O)C(N)=O)NC1=O.CNCC(NC)C(=O)N(CCNC(=O)CONC)CCN(CCNC(=O)CO/N=C\C(=O)N[C@@H](CC(C)C)C(=O)N1CCC[C@H]1C(=O)NC)C(=O)C(NC)NC. The van der Waals surface area contributed by atoms with E-state index in [2.05, 4.69) is 95.7 Å². The first-order valence-electron chi connectivity index (χ1n) is 44.0. The zero-order valence-corrected chi connectivity index (χ0v) is 79.5. The fraction of sp³-hybridized carbons (Fsp3) is 0.511. The highest BCUT2D eigenvalue weighted by Crippen LogP contribution is 2.27. The maximum absolute atomic E-state index is 14.4. The number of carbonyl (C=O) groups excluding carboxylic acids is 16. The van der Waals surface area contributed by atoms with Gasteiger partial charge in [0.25, 0.3) is 17.7 Å². The van der Waals surface area contributed by atoms with Gasteiger partial charge in [0.1, 0.15) is 84.9 Å². The number of rotatable bonds is 45. The molecule has 2 saturated heterocycles. The van der Waals surface area contributed by atoms with Crippen molar-refractivity contribution in [2.75, 3.05) is 126 Å². The van der Waals surface area contributed by atoms with Crippen molar-refractivity contribution in [3.63, 3.8) is 0 Å². The zero-order valence-electron chi connectivity index (χ0n) is 77.9.